The van der Waals surface area contributed by atoms with Gasteiger partial charge in [0, 0.05) is 31.1 Å². The number of nitrogens with one attached hydrogen (secondary N) is 3. The Morgan fingerprint density at radius 1 is 1.34 bits per heavy atom. The molecule has 2 aromatic rings. The van der Waals surface area contributed by atoms with Gasteiger partial charge in [-0.05, 0) is 36.3 Å². The minimum atomic E-state index is -0.163. The molecule has 2 unspecified atom stereocenters. The van der Waals surface area contributed by atoms with E-state index < -0.39 is 0 Å². The molecule has 0 radical (unpaired) electrons. The number of halogens is 1. The molecule has 1 fully saturated rings. The highest BCUT2D eigenvalue weighted by Crippen LogP contribution is 2.26. The van der Waals surface area contributed by atoms with Crippen LogP contribution < -0.4 is 16.2 Å². The number of carbonyl (C=O) groups excluding carboxylic acids is 1. The molecular formula is C20H29ClN6OS. The number of hydrogen-bond acceptors (Lipinski definition) is 6. The van der Waals surface area contributed by atoms with Crippen LogP contribution in [0.25, 0.3) is 0 Å². The van der Waals surface area contributed by atoms with Crippen LogP contribution in [-0.4, -0.2) is 40.0 Å². The smallest absolute Gasteiger partial charge is 0.226 e. The third-order valence-corrected chi connectivity index (χ3v) is 5.87. The number of hydrazine groups is 1. The number of aryl methyl sites for hydroxylation is 1. The lowest BCUT2D eigenvalue weighted by Gasteiger charge is -2.18. The molecule has 0 spiro atoms. The van der Waals surface area contributed by atoms with Gasteiger partial charge in [-0.2, -0.15) is 0 Å². The van der Waals surface area contributed by atoms with Crippen molar-refractivity contribution in [3.8, 4) is 0 Å². The Morgan fingerprint density at radius 2 is 2.10 bits per heavy atom. The number of nitrogens with zero attached hydrogens (tertiary/aromatic N) is 3. The van der Waals surface area contributed by atoms with Gasteiger partial charge in [0.1, 0.15) is 5.82 Å². The Balaban J connectivity index is 1.51. The summed E-state index contributed by atoms with van der Waals surface area (Å²) >= 11 is 7.59. The SMILES string of the molecule is CSc1nnc(CCCNC(=O)C2CNNC2c2ccc(Cl)cc2)n1CC(C)C. The number of amides is 1. The summed E-state index contributed by atoms with van der Waals surface area (Å²) < 4.78 is 2.19. The maximum absolute atomic E-state index is 12.7. The Bertz CT molecular complexity index is 810. The first-order chi connectivity index (χ1) is 14.0. The molecule has 29 heavy (non-hydrogen) atoms. The van der Waals surface area contributed by atoms with Crippen molar-refractivity contribution in [2.75, 3.05) is 19.3 Å². The standard InChI is InChI=1S/C20H29ClN6OS/c1-13(2)12-27-17(24-26-20(27)29-3)5-4-10-22-19(28)16-11-23-25-18(16)14-6-8-15(21)9-7-14/h6-9,13,16,18,23,25H,4-5,10-12H2,1-3H3,(H,22,28). The van der Waals surface area contributed by atoms with Crippen LogP contribution in [0.5, 0.6) is 0 Å². The quantitative estimate of drug-likeness (QED) is 0.414. The van der Waals surface area contributed by atoms with Gasteiger partial charge in [0.25, 0.3) is 0 Å². The minimum absolute atomic E-state index is 0.0518. The van der Waals surface area contributed by atoms with Gasteiger partial charge in [-0.15, -0.1) is 10.2 Å². The molecule has 2 atom stereocenters. The van der Waals surface area contributed by atoms with Gasteiger partial charge in [-0.3, -0.25) is 10.2 Å². The average Bonchev–Trinajstić information content (AvgIpc) is 3.33. The normalized spacial score (nSPS) is 19.1. The highest BCUT2D eigenvalue weighted by atomic mass is 35.5. The maximum Gasteiger partial charge on any atom is 0.226 e. The van der Waals surface area contributed by atoms with E-state index in [9.17, 15) is 4.79 Å². The summed E-state index contributed by atoms with van der Waals surface area (Å²) in [4.78, 5) is 12.7. The van der Waals surface area contributed by atoms with Crippen molar-refractivity contribution < 1.29 is 4.79 Å². The number of benzene rings is 1. The van der Waals surface area contributed by atoms with E-state index in [1.165, 1.54) is 0 Å². The summed E-state index contributed by atoms with van der Waals surface area (Å²) in [5.41, 5.74) is 7.34. The van der Waals surface area contributed by atoms with Crippen LogP contribution >= 0.6 is 23.4 Å². The number of rotatable bonds is 9. The first-order valence-corrected chi connectivity index (χ1v) is 11.6. The highest BCUT2D eigenvalue weighted by Gasteiger charge is 2.33. The predicted molar refractivity (Wildman–Crippen MR) is 117 cm³/mol. The van der Waals surface area contributed by atoms with Crippen LogP contribution in [-0.2, 0) is 17.8 Å². The van der Waals surface area contributed by atoms with Crippen molar-refractivity contribution in [1.29, 1.82) is 0 Å². The molecular weight excluding hydrogens is 408 g/mol. The average molecular weight is 437 g/mol. The summed E-state index contributed by atoms with van der Waals surface area (Å²) in [5, 5.41) is 13.3. The second-order valence-corrected chi connectivity index (χ2v) is 8.87. The highest BCUT2D eigenvalue weighted by molar-refractivity contribution is 7.98. The van der Waals surface area contributed by atoms with Crippen LogP contribution in [0.1, 0.15) is 37.7 Å². The second-order valence-electron chi connectivity index (χ2n) is 7.66. The van der Waals surface area contributed by atoms with Crippen LogP contribution in [0.3, 0.4) is 0 Å². The van der Waals surface area contributed by atoms with E-state index in [-0.39, 0.29) is 17.9 Å². The van der Waals surface area contributed by atoms with E-state index in [1.807, 2.05) is 30.5 Å². The molecule has 9 heteroatoms. The van der Waals surface area contributed by atoms with E-state index in [2.05, 4.69) is 44.8 Å². The van der Waals surface area contributed by atoms with Crippen molar-refractivity contribution in [3.63, 3.8) is 0 Å². The third-order valence-electron chi connectivity index (χ3n) is 4.95. The van der Waals surface area contributed by atoms with E-state index >= 15 is 0 Å². The van der Waals surface area contributed by atoms with Gasteiger partial charge in [0.05, 0.1) is 12.0 Å². The van der Waals surface area contributed by atoms with Crippen LogP contribution in [0.2, 0.25) is 5.02 Å². The van der Waals surface area contributed by atoms with Gasteiger partial charge < -0.3 is 9.88 Å². The molecule has 158 valence electrons. The van der Waals surface area contributed by atoms with Gasteiger partial charge >= 0.3 is 0 Å². The van der Waals surface area contributed by atoms with E-state index in [0.717, 1.165) is 35.9 Å². The van der Waals surface area contributed by atoms with Crippen LogP contribution in [0, 0.1) is 11.8 Å². The third kappa shape index (κ3) is 5.72. The first kappa shape index (κ1) is 22.1. The zero-order valence-electron chi connectivity index (χ0n) is 17.1. The molecule has 1 aromatic carbocycles. The number of carbonyl (C=O) groups is 1. The zero-order valence-corrected chi connectivity index (χ0v) is 18.7. The fraction of sp³-hybridized carbons (Fsp3) is 0.550. The number of aromatic nitrogens is 3. The largest absolute Gasteiger partial charge is 0.356 e. The van der Waals surface area contributed by atoms with Gasteiger partial charge in [0.2, 0.25) is 5.91 Å². The summed E-state index contributed by atoms with van der Waals surface area (Å²) in [7, 11) is 0. The van der Waals surface area contributed by atoms with Crippen LogP contribution in [0.15, 0.2) is 29.4 Å². The molecule has 1 aliphatic heterocycles. The molecule has 3 N–H and O–H groups in total. The van der Waals surface area contributed by atoms with E-state index in [1.54, 1.807) is 11.8 Å². The topological polar surface area (TPSA) is 83.9 Å². The lowest BCUT2D eigenvalue weighted by molar-refractivity contribution is -0.124. The zero-order chi connectivity index (χ0) is 20.8. The van der Waals surface area contributed by atoms with Crippen molar-refractivity contribution in [2.24, 2.45) is 11.8 Å². The first-order valence-electron chi connectivity index (χ1n) is 9.97. The molecule has 7 nitrogen and oxygen atoms in total. The van der Waals surface area contributed by atoms with Crippen molar-refractivity contribution >= 4 is 29.3 Å². The summed E-state index contributed by atoms with van der Waals surface area (Å²) in [6.07, 6.45) is 3.64. The monoisotopic (exact) mass is 436 g/mol. The molecule has 2 heterocycles. The molecule has 1 aromatic heterocycles. The van der Waals surface area contributed by atoms with Gasteiger partial charge in [0.15, 0.2) is 5.16 Å². The summed E-state index contributed by atoms with van der Waals surface area (Å²) in [5.74, 6) is 1.41. The summed E-state index contributed by atoms with van der Waals surface area (Å²) in [6.45, 7) is 6.50. The van der Waals surface area contributed by atoms with Crippen molar-refractivity contribution in [1.82, 2.24) is 30.9 Å². The fourth-order valence-electron chi connectivity index (χ4n) is 3.52. The molecule has 0 aliphatic carbocycles. The van der Waals surface area contributed by atoms with E-state index in [0.29, 0.717) is 24.0 Å². The van der Waals surface area contributed by atoms with Crippen LogP contribution in [0.4, 0.5) is 0 Å². The molecule has 0 saturated carbocycles. The Hall–Kier alpha value is -1.61. The molecule has 1 saturated heterocycles. The second kappa shape index (κ2) is 10.4. The molecule has 3 rings (SSSR count). The molecule has 1 aliphatic rings. The van der Waals surface area contributed by atoms with Gasteiger partial charge in [-0.1, -0.05) is 49.3 Å². The summed E-state index contributed by atoms with van der Waals surface area (Å²) in [6, 6.07) is 7.55. The fourth-order valence-corrected chi connectivity index (χ4v) is 4.17. The van der Waals surface area contributed by atoms with E-state index in [4.69, 9.17) is 11.6 Å². The maximum atomic E-state index is 12.7. The van der Waals surface area contributed by atoms with Gasteiger partial charge in [-0.25, -0.2) is 5.43 Å². The minimum Gasteiger partial charge on any atom is -0.356 e. The Kier molecular flexibility index (Phi) is 7.94. The molecule has 0 bridgehead atoms. The van der Waals surface area contributed by atoms with Crippen molar-refractivity contribution in [2.45, 2.75) is 44.4 Å². The number of thioether (sulfide) groups is 1. The van der Waals surface area contributed by atoms with Crippen molar-refractivity contribution in [3.05, 3.63) is 40.7 Å². The lowest BCUT2D eigenvalue weighted by atomic mass is 9.94. The predicted octanol–water partition coefficient (Wildman–Crippen LogP) is 2.82. The lowest BCUT2D eigenvalue weighted by Crippen LogP contribution is -2.35. The molecule has 1 amide bonds. The Morgan fingerprint density at radius 3 is 2.79 bits per heavy atom. The number of hydrogen-bond donors (Lipinski definition) is 3. The Labute approximate surface area is 181 Å².